The van der Waals surface area contributed by atoms with E-state index in [9.17, 15) is 9.59 Å². The van der Waals surface area contributed by atoms with Gasteiger partial charge < -0.3 is 20.2 Å². The number of carboxylic acid groups (broad SMARTS) is 1. The molecule has 0 radical (unpaired) electrons. The van der Waals surface area contributed by atoms with Gasteiger partial charge in [-0.2, -0.15) is 0 Å². The van der Waals surface area contributed by atoms with Crippen molar-refractivity contribution in [1.82, 2.24) is 5.32 Å². The fourth-order valence-corrected chi connectivity index (χ4v) is 1.68. The number of hydrogen-bond acceptors (Lipinski definition) is 3. The fourth-order valence-electron chi connectivity index (χ4n) is 1.68. The van der Waals surface area contributed by atoms with Crippen molar-refractivity contribution in [2.75, 3.05) is 5.32 Å². The largest absolute Gasteiger partial charge is 0.478 e. The molecule has 2 aromatic rings. The Morgan fingerprint density at radius 2 is 2.10 bits per heavy atom. The molecule has 0 saturated heterocycles. The number of amides is 2. The number of aryl methyl sites for hydroxylation is 1. The van der Waals surface area contributed by atoms with E-state index in [1.807, 2.05) is 0 Å². The molecular weight excluding hydrogens is 260 g/mol. The lowest BCUT2D eigenvalue weighted by Crippen LogP contribution is -2.28. The Labute approximate surface area is 115 Å². The van der Waals surface area contributed by atoms with E-state index in [0.29, 0.717) is 17.8 Å². The number of furan rings is 1. The third-order valence-corrected chi connectivity index (χ3v) is 2.76. The molecule has 0 unspecified atom stereocenters. The number of nitrogens with one attached hydrogen (secondary N) is 2. The lowest BCUT2D eigenvalue weighted by Gasteiger charge is -2.08. The maximum Gasteiger partial charge on any atom is 0.336 e. The predicted octanol–water partition coefficient (Wildman–Crippen LogP) is 2.61. The third kappa shape index (κ3) is 3.38. The van der Waals surface area contributed by atoms with Gasteiger partial charge >= 0.3 is 12.0 Å². The molecule has 0 atom stereocenters. The molecule has 3 N–H and O–H groups in total. The summed E-state index contributed by atoms with van der Waals surface area (Å²) in [6.45, 7) is 2.03. The Bertz CT molecular complexity index is 620. The summed E-state index contributed by atoms with van der Waals surface area (Å²) in [5.74, 6) is -1.02. The average molecular weight is 274 g/mol. The monoisotopic (exact) mass is 274 g/mol. The molecule has 104 valence electrons. The molecule has 6 heteroatoms. The van der Waals surface area contributed by atoms with Crippen LogP contribution in [-0.2, 0) is 6.54 Å². The molecule has 1 aromatic heterocycles. The van der Waals surface area contributed by atoms with E-state index < -0.39 is 12.0 Å². The minimum atomic E-state index is -1.02. The van der Waals surface area contributed by atoms with Gasteiger partial charge in [-0.25, -0.2) is 9.59 Å². The van der Waals surface area contributed by atoms with E-state index in [2.05, 4.69) is 10.6 Å². The summed E-state index contributed by atoms with van der Waals surface area (Å²) < 4.78 is 4.88. The second kappa shape index (κ2) is 5.92. The van der Waals surface area contributed by atoms with E-state index in [4.69, 9.17) is 9.52 Å². The zero-order valence-electron chi connectivity index (χ0n) is 10.8. The first-order valence-corrected chi connectivity index (χ1v) is 5.96. The third-order valence-electron chi connectivity index (χ3n) is 2.76. The van der Waals surface area contributed by atoms with Crippen LogP contribution in [0.2, 0.25) is 0 Å². The number of aromatic carboxylic acids is 1. The molecule has 2 rings (SSSR count). The van der Waals surface area contributed by atoms with Crippen LogP contribution < -0.4 is 10.6 Å². The van der Waals surface area contributed by atoms with Crippen LogP contribution in [0.25, 0.3) is 0 Å². The van der Waals surface area contributed by atoms with Crippen molar-refractivity contribution in [3.05, 3.63) is 53.5 Å². The molecule has 0 aliphatic heterocycles. The van der Waals surface area contributed by atoms with Gasteiger partial charge in [0.15, 0.2) is 0 Å². The second-order valence-electron chi connectivity index (χ2n) is 4.27. The topological polar surface area (TPSA) is 91.6 Å². The minimum Gasteiger partial charge on any atom is -0.478 e. The number of hydrogen-bond donors (Lipinski definition) is 3. The molecule has 1 heterocycles. The van der Waals surface area contributed by atoms with E-state index >= 15 is 0 Å². The number of anilines is 1. The molecule has 0 fully saturated rings. The summed E-state index contributed by atoms with van der Waals surface area (Å²) in [7, 11) is 0. The van der Waals surface area contributed by atoms with Crippen molar-refractivity contribution in [3.8, 4) is 0 Å². The molecule has 2 amide bonds. The first kappa shape index (κ1) is 13.7. The smallest absolute Gasteiger partial charge is 0.336 e. The number of urea groups is 1. The molecule has 20 heavy (non-hydrogen) atoms. The maximum atomic E-state index is 11.7. The molecule has 0 bridgehead atoms. The first-order chi connectivity index (χ1) is 9.56. The van der Waals surface area contributed by atoms with Crippen molar-refractivity contribution >= 4 is 17.7 Å². The van der Waals surface area contributed by atoms with Gasteiger partial charge in [0.25, 0.3) is 0 Å². The number of carboxylic acids is 1. The van der Waals surface area contributed by atoms with E-state index in [1.54, 1.807) is 25.1 Å². The van der Waals surface area contributed by atoms with Crippen molar-refractivity contribution in [2.24, 2.45) is 0 Å². The molecule has 0 spiro atoms. The van der Waals surface area contributed by atoms with Crippen LogP contribution in [0.15, 0.2) is 41.2 Å². The highest BCUT2D eigenvalue weighted by molar-refractivity contribution is 5.94. The summed E-state index contributed by atoms with van der Waals surface area (Å²) >= 11 is 0. The summed E-state index contributed by atoms with van der Waals surface area (Å²) in [6.07, 6.45) is 3.06. The van der Waals surface area contributed by atoms with Gasteiger partial charge in [-0.05, 0) is 30.7 Å². The number of benzene rings is 1. The van der Waals surface area contributed by atoms with Crippen molar-refractivity contribution < 1.29 is 19.1 Å². The highest BCUT2D eigenvalue weighted by Crippen LogP contribution is 2.15. The molecule has 1 aromatic carbocycles. The van der Waals surface area contributed by atoms with Gasteiger partial charge in [0, 0.05) is 17.8 Å². The summed E-state index contributed by atoms with van der Waals surface area (Å²) in [6, 6.07) is 6.06. The van der Waals surface area contributed by atoms with Crippen LogP contribution in [0, 0.1) is 6.92 Å². The first-order valence-electron chi connectivity index (χ1n) is 5.96. The standard InChI is InChI=1S/C14H14N2O4/c1-9-2-3-11(6-12(9)13(17)18)16-14(19)15-7-10-4-5-20-8-10/h2-6,8H,7H2,1H3,(H,17,18)(H2,15,16,19). The second-order valence-corrected chi connectivity index (χ2v) is 4.27. The predicted molar refractivity (Wildman–Crippen MR) is 72.7 cm³/mol. The Morgan fingerprint density at radius 1 is 1.30 bits per heavy atom. The summed E-state index contributed by atoms with van der Waals surface area (Å²) in [5.41, 5.74) is 2.08. The Balaban J connectivity index is 1.97. The number of rotatable bonds is 4. The SMILES string of the molecule is Cc1ccc(NC(=O)NCc2ccoc2)cc1C(=O)O. The van der Waals surface area contributed by atoms with E-state index in [-0.39, 0.29) is 5.56 Å². The van der Waals surface area contributed by atoms with Crippen LogP contribution in [0.5, 0.6) is 0 Å². The quantitative estimate of drug-likeness (QED) is 0.799. The Morgan fingerprint density at radius 3 is 2.75 bits per heavy atom. The Kier molecular flexibility index (Phi) is 4.05. The van der Waals surface area contributed by atoms with Gasteiger partial charge in [-0.3, -0.25) is 0 Å². The zero-order chi connectivity index (χ0) is 14.5. The summed E-state index contributed by atoms with van der Waals surface area (Å²) in [5, 5.41) is 14.2. The van der Waals surface area contributed by atoms with Crippen LogP contribution >= 0.6 is 0 Å². The highest BCUT2D eigenvalue weighted by Gasteiger charge is 2.09. The molecular formula is C14H14N2O4. The van der Waals surface area contributed by atoms with Crippen LogP contribution in [0.4, 0.5) is 10.5 Å². The number of carbonyl (C=O) groups is 2. The van der Waals surface area contributed by atoms with Crippen LogP contribution in [0.3, 0.4) is 0 Å². The zero-order valence-corrected chi connectivity index (χ0v) is 10.8. The minimum absolute atomic E-state index is 0.164. The molecule has 0 saturated carbocycles. The fraction of sp³-hybridized carbons (Fsp3) is 0.143. The van der Waals surface area contributed by atoms with Gasteiger partial charge in [0.05, 0.1) is 18.1 Å². The highest BCUT2D eigenvalue weighted by atomic mass is 16.4. The van der Waals surface area contributed by atoms with Gasteiger partial charge in [0.2, 0.25) is 0 Å². The van der Waals surface area contributed by atoms with Gasteiger partial charge in [-0.15, -0.1) is 0 Å². The normalized spacial score (nSPS) is 10.1. The molecule has 0 aliphatic carbocycles. The van der Waals surface area contributed by atoms with Crippen molar-refractivity contribution in [2.45, 2.75) is 13.5 Å². The average Bonchev–Trinajstić information content (AvgIpc) is 2.91. The maximum absolute atomic E-state index is 11.7. The Hall–Kier alpha value is -2.76. The summed E-state index contributed by atoms with van der Waals surface area (Å²) in [4.78, 5) is 22.7. The molecule has 0 aliphatic rings. The van der Waals surface area contributed by atoms with Crippen molar-refractivity contribution in [3.63, 3.8) is 0 Å². The van der Waals surface area contributed by atoms with E-state index in [1.165, 1.54) is 18.6 Å². The lowest BCUT2D eigenvalue weighted by molar-refractivity contribution is 0.0696. The van der Waals surface area contributed by atoms with Gasteiger partial charge in [0.1, 0.15) is 0 Å². The lowest BCUT2D eigenvalue weighted by atomic mass is 10.1. The van der Waals surface area contributed by atoms with Crippen molar-refractivity contribution in [1.29, 1.82) is 0 Å². The van der Waals surface area contributed by atoms with Gasteiger partial charge in [-0.1, -0.05) is 6.07 Å². The molecule has 6 nitrogen and oxygen atoms in total. The number of carbonyl (C=O) groups excluding carboxylic acids is 1. The van der Waals surface area contributed by atoms with E-state index in [0.717, 1.165) is 5.56 Å². The van der Waals surface area contributed by atoms with Crippen LogP contribution in [0.1, 0.15) is 21.5 Å². The van der Waals surface area contributed by atoms with Crippen LogP contribution in [-0.4, -0.2) is 17.1 Å².